The van der Waals surface area contributed by atoms with Crippen molar-refractivity contribution in [3.63, 3.8) is 0 Å². The summed E-state index contributed by atoms with van der Waals surface area (Å²) in [7, 11) is 0. The van der Waals surface area contributed by atoms with Gasteiger partial charge in [0.25, 0.3) is 0 Å². The van der Waals surface area contributed by atoms with E-state index in [1.807, 2.05) is 36.1 Å². The van der Waals surface area contributed by atoms with Gasteiger partial charge in [0.05, 0.1) is 19.8 Å². The molecule has 0 aromatic heterocycles. The van der Waals surface area contributed by atoms with Crippen molar-refractivity contribution < 1.29 is 19.4 Å². The second-order valence-corrected chi connectivity index (χ2v) is 5.33. The predicted molar refractivity (Wildman–Crippen MR) is 79.9 cm³/mol. The number of carboxylic acid groups (broad SMARTS) is 1. The van der Waals surface area contributed by atoms with E-state index in [0.717, 1.165) is 37.4 Å². The lowest BCUT2D eigenvalue weighted by molar-refractivity contribution is -0.138. The Kier molecular flexibility index (Phi) is 5.87. The molecule has 0 radical (unpaired) electrons. The number of carbonyl (C=O) groups is 1. The molecule has 0 unspecified atom stereocenters. The number of para-hydroxylation sites is 2. The normalized spacial score (nSPS) is 19.2. The van der Waals surface area contributed by atoms with Gasteiger partial charge >= 0.3 is 5.97 Å². The lowest BCUT2D eigenvalue weighted by atomic mass is 9.99. The number of hydrogen-bond donors (Lipinski definition) is 1. The van der Waals surface area contributed by atoms with Crippen LogP contribution in [0.3, 0.4) is 0 Å². The molecule has 1 aliphatic rings. The zero-order chi connectivity index (χ0) is 15.1. The number of carboxylic acids is 1. The average Bonchev–Trinajstić information content (AvgIpc) is 2.46. The zero-order valence-electron chi connectivity index (χ0n) is 12.5. The molecule has 0 aliphatic carbocycles. The molecule has 116 valence electrons. The molecule has 1 saturated heterocycles. The number of benzene rings is 1. The van der Waals surface area contributed by atoms with Crippen LogP contribution in [0.25, 0.3) is 0 Å². The van der Waals surface area contributed by atoms with Crippen LogP contribution in [0, 0.1) is 5.92 Å². The number of piperidine rings is 1. The third-order valence-electron chi connectivity index (χ3n) is 3.59. The van der Waals surface area contributed by atoms with E-state index in [9.17, 15) is 4.79 Å². The van der Waals surface area contributed by atoms with Gasteiger partial charge in [-0.3, -0.25) is 9.69 Å². The second-order valence-electron chi connectivity index (χ2n) is 5.33. The summed E-state index contributed by atoms with van der Waals surface area (Å²) < 4.78 is 11.4. The van der Waals surface area contributed by atoms with E-state index < -0.39 is 5.97 Å². The minimum absolute atomic E-state index is 0.117. The van der Waals surface area contributed by atoms with E-state index in [4.69, 9.17) is 14.6 Å². The van der Waals surface area contributed by atoms with Crippen LogP contribution in [-0.2, 0) is 4.79 Å². The van der Waals surface area contributed by atoms with Gasteiger partial charge in [0, 0.05) is 12.5 Å². The first kappa shape index (κ1) is 15.6. The summed E-state index contributed by atoms with van der Waals surface area (Å²) in [6, 6.07) is 7.65. The Bertz CT molecular complexity index is 463. The fourth-order valence-corrected chi connectivity index (χ4v) is 2.67. The summed E-state index contributed by atoms with van der Waals surface area (Å²) in [5, 5.41) is 8.87. The summed E-state index contributed by atoms with van der Waals surface area (Å²) in [5.74, 6) is 1.12. The molecule has 1 aromatic carbocycles. The van der Waals surface area contributed by atoms with Crippen molar-refractivity contribution in [1.29, 1.82) is 0 Å². The van der Waals surface area contributed by atoms with Crippen LogP contribution in [-0.4, -0.2) is 48.8 Å². The Labute approximate surface area is 125 Å². The molecule has 1 atom stereocenters. The third-order valence-corrected chi connectivity index (χ3v) is 3.59. The quantitative estimate of drug-likeness (QED) is 0.835. The van der Waals surface area contributed by atoms with Crippen molar-refractivity contribution >= 4 is 5.97 Å². The van der Waals surface area contributed by atoms with Gasteiger partial charge in [-0.25, -0.2) is 0 Å². The highest BCUT2D eigenvalue weighted by molar-refractivity contribution is 5.69. The Balaban J connectivity index is 1.86. The van der Waals surface area contributed by atoms with E-state index >= 15 is 0 Å². The molecule has 2 rings (SSSR count). The highest BCUT2D eigenvalue weighted by Gasteiger charge is 2.22. The zero-order valence-corrected chi connectivity index (χ0v) is 12.5. The summed E-state index contributed by atoms with van der Waals surface area (Å²) >= 11 is 0. The van der Waals surface area contributed by atoms with Crippen molar-refractivity contribution in [2.75, 3.05) is 32.8 Å². The van der Waals surface area contributed by atoms with Crippen LogP contribution in [0.4, 0.5) is 0 Å². The van der Waals surface area contributed by atoms with Gasteiger partial charge in [-0.05, 0) is 38.4 Å². The number of likely N-dealkylation sites (tertiary alicyclic amines) is 1. The van der Waals surface area contributed by atoms with E-state index in [-0.39, 0.29) is 6.54 Å². The topological polar surface area (TPSA) is 59.0 Å². The SMILES string of the molecule is CCOc1ccccc1OC[C@@H]1CCCN(CC(=O)O)C1. The number of rotatable bonds is 7. The molecule has 1 aromatic rings. The molecular formula is C16H23NO4. The third kappa shape index (κ3) is 4.93. The van der Waals surface area contributed by atoms with Crippen LogP contribution in [0.1, 0.15) is 19.8 Å². The van der Waals surface area contributed by atoms with Crippen molar-refractivity contribution in [2.24, 2.45) is 5.92 Å². The van der Waals surface area contributed by atoms with Crippen molar-refractivity contribution in [3.8, 4) is 11.5 Å². The number of aliphatic carboxylic acids is 1. The van der Waals surface area contributed by atoms with Gasteiger partial charge < -0.3 is 14.6 Å². The maximum absolute atomic E-state index is 10.8. The maximum atomic E-state index is 10.8. The maximum Gasteiger partial charge on any atom is 0.317 e. The smallest absolute Gasteiger partial charge is 0.317 e. The van der Waals surface area contributed by atoms with Crippen molar-refractivity contribution in [3.05, 3.63) is 24.3 Å². The molecule has 1 heterocycles. The van der Waals surface area contributed by atoms with Gasteiger partial charge in [-0.1, -0.05) is 12.1 Å². The average molecular weight is 293 g/mol. The first-order chi connectivity index (χ1) is 10.2. The summed E-state index contributed by atoms with van der Waals surface area (Å²) in [6.07, 6.45) is 2.10. The Hall–Kier alpha value is -1.75. The standard InChI is InChI=1S/C16H23NO4/c1-2-20-14-7-3-4-8-15(14)21-12-13-6-5-9-17(10-13)11-16(18)19/h3-4,7-8,13H,2,5-6,9-12H2,1H3,(H,18,19)/t13-/m1/s1. The first-order valence-electron chi connectivity index (χ1n) is 7.47. The van der Waals surface area contributed by atoms with Gasteiger partial charge in [0.15, 0.2) is 11.5 Å². The van der Waals surface area contributed by atoms with Crippen molar-refractivity contribution in [1.82, 2.24) is 4.90 Å². The number of hydrogen-bond acceptors (Lipinski definition) is 4. The molecule has 1 N–H and O–H groups in total. The molecular weight excluding hydrogens is 270 g/mol. The van der Waals surface area contributed by atoms with Gasteiger partial charge in [0.2, 0.25) is 0 Å². The van der Waals surface area contributed by atoms with Crippen LogP contribution in [0.2, 0.25) is 0 Å². The van der Waals surface area contributed by atoms with Crippen LogP contribution >= 0.6 is 0 Å². The van der Waals surface area contributed by atoms with E-state index in [0.29, 0.717) is 19.1 Å². The monoisotopic (exact) mass is 293 g/mol. The molecule has 1 aliphatic heterocycles. The molecule has 21 heavy (non-hydrogen) atoms. The summed E-state index contributed by atoms with van der Waals surface area (Å²) in [4.78, 5) is 12.8. The minimum atomic E-state index is -0.766. The van der Waals surface area contributed by atoms with E-state index in [1.54, 1.807) is 0 Å². The van der Waals surface area contributed by atoms with Crippen molar-refractivity contribution in [2.45, 2.75) is 19.8 Å². The van der Waals surface area contributed by atoms with Gasteiger partial charge in [0.1, 0.15) is 0 Å². The Morgan fingerprint density at radius 1 is 1.33 bits per heavy atom. The molecule has 5 nitrogen and oxygen atoms in total. The highest BCUT2D eigenvalue weighted by atomic mass is 16.5. The second kappa shape index (κ2) is 7.88. The van der Waals surface area contributed by atoms with Crippen LogP contribution in [0.15, 0.2) is 24.3 Å². The fourth-order valence-electron chi connectivity index (χ4n) is 2.67. The van der Waals surface area contributed by atoms with E-state index in [2.05, 4.69) is 0 Å². The number of ether oxygens (including phenoxy) is 2. The molecule has 1 fully saturated rings. The fraction of sp³-hybridized carbons (Fsp3) is 0.562. The lowest BCUT2D eigenvalue weighted by Gasteiger charge is -2.31. The Morgan fingerprint density at radius 2 is 2.05 bits per heavy atom. The molecule has 5 heteroatoms. The highest BCUT2D eigenvalue weighted by Crippen LogP contribution is 2.27. The summed E-state index contributed by atoms with van der Waals surface area (Å²) in [6.45, 7) is 4.91. The largest absolute Gasteiger partial charge is 0.490 e. The minimum Gasteiger partial charge on any atom is -0.490 e. The van der Waals surface area contributed by atoms with E-state index in [1.165, 1.54) is 0 Å². The Morgan fingerprint density at radius 3 is 2.71 bits per heavy atom. The predicted octanol–water partition coefficient (Wildman–Crippen LogP) is 2.26. The van der Waals surface area contributed by atoms with Gasteiger partial charge in [-0.15, -0.1) is 0 Å². The molecule has 0 spiro atoms. The molecule has 0 bridgehead atoms. The number of nitrogens with zero attached hydrogens (tertiary/aromatic N) is 1. The lowest BCUT2D eigenvalue weighted by Crippen LogP contribution is -2.40. The molecule has 0 saturated carbocycles. The molecule has 0 amide bonds. The van der Waals surface area contributed by atoms with Crippen LogP contribution in [0.5, 0.6) is 11.5 Å². The summed E-state index contributed by atoms with van der Waals surface area (Å²) in [5.41, 5.74) is 0. The van der Waals surface area contributed by atoms with Gasteiger partial charge in [-0.2, -0.15) is 0 Å². The first-order valence-corrected chi connectivity index (χ1v) is 7.47. The van der Waals surface area contributed by atoms with Crippen LogP contribution < -0.4 is 9.47 Å².